The smallest absolute Gasteiger partial charge is 0.354 e. The number of rotatable bonds is 4. The van der Waals surface area contributed by atoms with Crippen LogP contribution in [0.2, 0.25) is 0 Å². The lowest BCUT2D eigenvalue weighted by Gasteiger charge is -2.23. The third-order valence-corrected chi connectivity index (χ3v) is 3.74. The maximum absolute atomic E-state index is 14.4. The van der Waals surface area contributed by atoms with Crippen LogP contribution in [0.1, 0.15) is 23.3 Å². The van der Waals surface area contributed by atoms with Crippen molar-refractivity contribution in [3.05, 3.63) is 47.4 Å². The van der Waals surface area contributed by atoms with E-state index in [0.29, 0.717) is 19.6 Å². The maximum Gasteiger partial charge on any atom is 0.354 e. The van der Waals surface area contributed by atoms with Crippen molar-refractivity contribution in [2.75, 3.05) is 13.2 Å². The molecule has 3 rings (SSSR count). The summed E-state index contributed by atoms with van der Waals surface area (Å²) in [4.78, 5) is 14.4. The number of nitrogens with zero attached hydrogens (tertiary/aromatic N) is 1. The monoisotopic (exact) mass is 353 g/mol. The van der Waals surface area contributed by atoms with Crippen molar-refractivity contribution in [1.29, 1.82) is 0 Å². The van der Waals surface area contributed by atoms with Gasteiger partial charge in [0.2, 0.25) is 0 Å². The maximum atomic E-state index is 14.4. The number of ether oxygens (including phenoxy) is 2. The Morgan fingerprint density at radius 2 is 1.92 bits per heavy atom. The average Bonchev–Trinajstić information content (AvgIpc) is 2.56. The summed E-state index contributed by atoms with van der Waals surface area (Å²) in [6.45, 7) is 0.939. The van der Waals surface area contributed by atoms with Gasteiger partial charge in [0.1, 0.15) is 40.7 Å². The molecule has 0 unspecified atom stereocenters. The standard InChI is InChI=1S/C17H14F3NO4/c18-11-3-4-14(17(22)23)21-16(11)15-12(19)6-10(7-13(15)20)25-9-2-1-5-24-8-9/h3-4,6-7,9H,1-2,5,8H2,(H,22,23)/t9-/m0/s1. The van der Waals surface area contributed by atoms with Crippen molar-refractivity contribution in [1.82, 2.24) is 4.98 Å². The minimum atomic E-state index is -1.43. The molecule has 0 amide bonds. The first kappa shape index (κ1) is 17.2. The third kappa shape index (κ3) is 3.74. The number of aromatic carboxylic acids is 1. The van der Waals surface area contributed by atoms with Gasteiger partial charge >= 0.3 is 5.97 Å². The minimum absolute atomic E-state index is 0.0518. The number of hydrogen-bond donors (Lipinski definition) is 1. The molecule has 1 aromatic heterocycles. The quantitative estimate of drug-likeness (QED) is 0.912. The Kier molecular flexibility index (Phi) is 4.89. The van der Waals surface area contributed by atoms with E-state index in [9.17, 15) is 18.0 Å². The van der Waals surface area contributed by atoms with Crippen molar-refractivity contribution >= 4 is 5.97 Å². The molecule has 1 aliphatic heterocycles. The Morgan fingerprint density at radius 3 is 2.52 bits per heavy atom. The van der Waals surface area contributed by atoms with Crippen LogP contribution in [0, 0.1) is 17.5 Å². The predicted octanol–water partition coefficient (Wildman–Crippen LogP) is 3.42. The summed E-state index contributed by atoms with van der Waals surface area (Å²) in [6, 6.07) is 3.55. The van der Waals surface area contributed by atoms with Crippen LogP contribution in [0.5, 0.6) is 5.75 Å². The molecule has 8 heteroatoms. The Labute approximate surface area is 141 Å². The average molecular weight is 353 g/mol. The molecule has 5 nitrogen and oxygen atoms in total. The van der Waals surface area contributed by atoms with Gasteiger partial charge in [-0.1, -0.05) is 0 Å². The van der Waals surface area contributed by atoms with E-state index < -0.39 is 40.4 Å². The Balaban J connectivity index is 1.95. The number of carboxylic acids is 1. The summed E-state index contributed by atoms with van der Waals surface area (Å²) in [5.41, 5.74) is -1.97. The molecule has 1 saturated heterocycles. The fourth-order valence-electron chi connectivity index (χ4n) is 2.58. The van der Waals surface area contributed by atoms with Crippen molar-refractivity contribution in [3.63, 3.8) is 0 Å². The zero-order valence-electron chi connectivity index (χ0n) is 13.0. The van der Waals surface area contributed by atoms with E-state index in [1.54, 1.807) is 0 Å². The van der Waals surface area contributed by atoms with Gasteiger partial charge in [-0.25, -0.2) is 22.9 Å². The van der Waals surface area contributed by atoms with Crippen LogP contribution in [0.15, 0.2) is 24.3 Å². The van der Waals surface area contributed by atoms with Crippen LogP contribution in [0.4, 0.5) is 13.2 Å². The normalized spacial score (nSPS) is 17.3. The molecule has 132 valence electrons. The molecular formula is C17H14F3NO4. The second-order valence-corrected chi connectivity index (χ2v) is 5.55. The van der Waals surface area contributed by atoms with E-state index in [4.69, 9.17) is 14.6 Å². The molecule has 1 N–H and O–H groups in total. The SMILES string of the molecule is O=C(O)c1ccc(F)c(-c2c(F)cc(O[C@H]3CCCOC3)cc2F)n1. The zero-order chi connectivity index (χ0) is 18.0. The lowest BCUT2D eigenvalue weighted by Crippen LogP contribution is -2.28. The zero-order valence-corrected chi connectivity index (χ0v) is 13.0. The second-order valence-electron chi connectivity index (χ2n) is 5.55. The third-order valence-electron chi connectivity index (χ3n) is 3.74. The fourth-order valence-corrected chi connectivity index (χ4v) is 2.58. The molecular weight excluding hydrogens is 339 g/mol. The molecule has 1 aliphatic rings. The van der Waals surface area contributed by atoms with E-state index in [1.165, 1.54) is 0 Å². The lowest BCUT2D eigenvalue weighted by molar-refractivity contribution is 0.00720. The van der Waals surface area contributed by atoms with Crippen LogP contribution < -0.4 is 4.74 Å². The number of benzene rings is 1. The van der Waals surface area contributed by atoms with Crippen LogP contribution in [-0.2, 0) is 4.74 Å². The van der Waals surface area contributed by atoms with E-state index in [0.717, 1.165) is 30.7 Å². The van der Waals surface area contributed by atoms with Crippen LogP contribution in [-0.4, -0.2) is 35.4 Å². The summed E-state index contributed by atoms with van der Waals surface area (Å²) >= 11 is 0. The van der Waals surface area contributed by atoms with Gasteiger partial charge in [-0.05, 0) is 25.0 Å². The van der Waals surface area contributed by atoms with Gasteiger partial charge in [-0.3, -0.25) is 0 Å². The van der Waals surface area contributed by atoms with Gasteiger partial charge in [0.15, 0.2) is 0 Å². The second kappa shape index (κ2) is 7.10. The van der Waals surface area contributed by atoms with Gasteiger partial charge in [-0.15, -0.1) is 0 Å². The van der Waals surface area contributed by atoms with E-state index in [2.05, 4.69) is 4.98 Å². The molecule has 0 bridgehead atoms. The number of pyridine rings is 1. The molecule has 0 radical (unpaired) electrons. The Morgan fingerprint density at radius 1 is 1.20 bits per heavy atom. The largest absolute Gasteiger partial charge is 0.488 e. The van der Waals surface area contributed by atoms with E-state index in [1.807, 2.05) is 0 Å². The number of carbonyl (C=O) groups is 1. The lowest BCUT2D eigenvalue weighted by atomic mass is 10.1. The molecule has 1 fully saturated rings. The first-order valence-electron chi connectivity index (χ1n) is 7.59. The highest BCUT2D eigenvalue weighted by molar-refractivity contribution is 5.86. The summed E-state index contributed by atoms with van der Waals surface area (Å²) in [6.07, 6.45) is 1.16. The highest BCUT2D eigenvalue weighted by atomic mass is 19.1. The van der Waals surface area contributed by atoms with Crippen molar-refractivity contribution in [3.8, 4) is 17.0 Å². The number of halogens is 3. The fraction of sp³-hybridized carbons (Fsp3) is 0.294. The molecule has 0 saturated carbocycles. The van der Waals surface area contributed by atoms with Gasteiger partial charge in [0.25, 0.3) is 0 Å². The Hall–Kier alpha value is -2.61. The predicted molar refractivity (Wildman–Crippen MR) is 81.0 cm³/mol. The molecule has 2 aromatic rings. The first-order valence-corrected chi connectivity index (χ1v) is 7.59. The highest BCUT2D eigenvalue weighted by Crippen LogP contribution is 2.31. The van der Waals surface area contributed by atoms with Gasteiger partial charge in [0, 0.05) is 18.7 Å². The molecule has 25 heavy (non-hydrogen) atoms. The van der Waals surface area contributed by atoms with Crippen LogP contribution in [0.25, 0.3) is 11.3 Å². The number of hydrogen-bond acceptors (Lipinski definition) is 4. The number of aromatic nitrogens is 1. The molecule has 1 atom stereocenters. The van der Waals surface area contributed by atoms with Crippen molar-refractivity contribution in [2.45, 2.75) is 18.9 Å². The van der Waals surface area contributed by atoms with E-state index in [-0.39, 0.29) is 11.9 Å². The van der Waals surface area contributed by atoms with E-state index >= 15 is 0 Å². The van der Waals surface area contributed by atoms with Gasteiger partial charge in [-0.2, -0.15) is 0 Å². The molecule has 1 aromatic carbocycles. The minimum Gasteiger partial charge on any atom is -0.488 e. The van der Waals surface area contributed by atoms with Crippen molar-refractivity contribution < 1.29 is 32.5 Å². The van der Waals surface area contributed by atoms with Crippen molar-refractivity contribution in [2.24, 2.45) is 0 Å². The summed E-state index contributed by atoms with van der Waals surface area (Å²) in [7, 11) is 0. The van der Waals surface area contributed by atoms with Gasteiger partial charge < -0.3 is 14.6 Å². The van der Waals surface area contributed by atoms with Crippen LogP contribution >= 0.6 is 0 Å². The number of carboxylic acid groups (broad SMARTS) is 1. The Bertz CT molecular complexity index is 783. The van der Waals surface area contributed by atoms with Gasteiger partial charge in [0.05, 0.1) is 12.2 Å². The summed E-state index contributed by atoms with van der Waals surface area (Å²) in [5.74, 6) is -4.71. The molecule has 0 spiro atoms. The topological polar surface area (TPSA) is 68.7 Å². The summed E-state index contributed by atoms with van der Waals surface area (Å²) in [5, 5.41) is 8.91. The summed E-state index contributed by atoms with van der Waals surface area (Å²) < 4.78 is 53.4. The molecule has 0 aliphatic carbocycles. The molecule has 2 heterocycles. The highest BCUT2D eigenvalue weighted by Gasteiger charge is 2.22. The first-order chi connectivity index (χ1) is 12.0. The van der Waals surface area contributed by atoms with Crippen LogP contribution in [0.3, 0.4) is 0 Å².